The van der Waals surface area contributed by atoms with Gasteiger partial charge < -0.3 is 33.3 Å². The van der Waals surface area contributed by atoms with Gasteiger partial charge in [-0.15, -0.1) is 0 Å². The Balaban J connectivity index is 4.37. The molecule has 62 heavy (non-hydrogen) atoms. The summed E-state index contributed by atoms with van der Waals surface area (Å²) in [5, 5.41) is 11.7. The number of carboxylic acids is 1. The number of unbranched alkanes of at least 4 members (excludes halogenated alkanes) is 11. The van der Waals surface area contributed by atoms with Crippen molar-refractivity contribution in [3.63, 3.8) is 0 Å². The second-order valence-electron chi connectivity index (χ2n) is 16.7. The highest BCUT2D eigenvalue weighted by Crippen LogP contribution is 2.12. The van der Waals surface area contributed by atoms with E-state index in [1.165, 1.54) is 6.42 Å². The first-order chi connectivity index (χ1) is 30.1. The lowest BCUT2D eigenvalue weighted by molar-refractivity contribution is -0.870. The van der Waals surface area contributed by atoms with E-state index in [4.69, 9.17) is 18.9 Å². The molecule has 0 aliphatic heterocycles. The molecule has 2 unspecified atom stereocenters. The van der Waals surface area contributed by atoms with Crippen molar-refractivity contribution >= 4 is 17.9 Å². The van der Waals surface area contributed by atoms with E-state index in [1.54, 1.807) is 0 Å². The summed E-state index contributed by atoms with van der Waals surface area (Å²) in [5.41, 5.74) is 0. The summed E-state index contributed by atoms with van der Waals surface area (Å²) in [6.45, 7) is 4.50. The molecule has 0 spiro atoms. The van der Waals surface area contributed by atoms with E-state index in [0.717, 1.165) is 122 Å². The Bertz CT molecular complexity index is 1330. The Morgan fingerprint density at radius 2 is 0.919 bits per heavy atom. The molecule has 0 aromatic rings. The Morgan fingerprint density at radius 3 is 1.39 bits per heavy atom. The number of allylic oxidation sites excluding steroid dienone is 16. The molecule has 0 heterocycles. The summed E-state index contributed by atoms with van der Waals surface area (Å²) < 4.78 is 22.5. The van der Waals surface area contributed by atoms with Crippen molar-refractivity contribution in [3.05, 3.63) is 97.2 Å². The highest BCUT2D eigenvalue weighted by atomic mass is 16.7. The third-order valence-corrected chi connectivity index (χ3v) is 9.55. The van der Waals surface area contributed by atoms with Crippen molar-refractivity contribution in [2.24, 2.45) is 0 Å². The van der Waals surface area contributed by atoms with Crippen LogP contribution in [0.25, 0.3) is 0 Å². The van der Waals surface area contributed by atoms with Crippen LogP contribution in [0.1, 0.15) is 162 Å². The van der Waals surface area contributed by atoms with Gasteiger partial charge in [-0.05, 0) is 89.9 Å². The minimum atomic E-state index is -1.63. The van der Waals surface area contributed by atoms with E-state index in [9.17, 15) is 19.5 Å². The molecular weight excluding hydrogens is 779 g/mol. The first-order valence-corrected chi connectivity index (χ1v) is 23.9. The number of aliphatic carboxylic acids is 1. The molecule has 0 fully saturated rings. The smallest absolute Gasteiger partial charge is 0.306 e. The van der Waals surface area contributed by atoms with Crippen molar-refractivity contribution in [2.45, 2.75) is 174 Å². The van der Waals surface area contributed by atoms with Gasteiger partial charge in [-0.1, -0.05) is 156 Å². The second-order valence-corrected chi connectivity index (χ2v) is 16.7. The number of ether oxygens (including phenoxy) is 4. The van der Waals surface area contributed by atoms with Crippen LogP contribution in [0.2, 0.25) is 0 Å². The molecule has 0 rings (SSSR count). The number of carbonyl (C=O) groups excluding carboxylic acids is 3. The largest absolute Gasteiger partial charge is 0.545 e. The number of carbonyl (C=O) groups is 3. The van der Waals surface area contributed by atoms with Gasteiger partial charge in [0.2, 0.25) is 0 Å². The molecule has 2 atom stereocenters. The van der Waals surface area contributed by atoms with Crippen molar-refractivity contribution in [1.82, 2.24) is 0 Å². The lowest BCUT2D eigenvalue weighted by Crippen LogP contribution is -2.44. The molecule has 9 nitrogen and oxygen atoms in total. The van der Waals surface area contributed by atoms with Gasteiger partial charge in [0.25, 0.3) is 0 Å². The maximum atomic E-state index is 12.8. The van der Waals surface area contributed by atoms with Crippen molar-refractivity contribution in [1.29, 1.82) is 0 Å². The summed E-state index contributed by atoms with van der Waals surface area (Å²) in [5.74, 6) is -2.34. The van der Waals surface area contributed by atoms with Crippen molar-refractivity contribution < 1.29 is 42.9 Å². The van der Waals surface area contributed by atoms with Crippen LogP contribution in [0.3, 0.4) is 0 Å². The first kappa shape index (κ1) is 58.2. The molecular formula is C53H87NO8. The number of hydrogen-bond donors (Lipinski definition) is 0. The van der Waals surface area contributed by atoms with E-state index in [1.807, 2.05) is 21.1 Å². The van der Waals surface area contributed by atoms with Gasteiger partial charge in [0.05, 0.1) is 40.3 Å². The Hall–Kier alpha value is -3.79. The maximum Gasteiger partial charge on any atom is 0.306 e. The first-order valence-electron chi connectivity index (χ1n) is 23.9. The van der Waals surface area contributed by atoms with Crippen LogP contribution in [0.5, 0.6) is 0 Å². The molecule has 352 valence electrons. The molecule has 0 aliphatic carbocycles. The number of rotatable bonds is 42. The van der Waals surface area contributed by atoms with E-state index in [-0.39, 0.29) is 38.6 Å². The molecule has 0 saturated carbocycles. The highest BCUT2D eigenvalue weighted by Gasteiger charge is 2.21. The summed E-state index contributed by atoms with van der Waals surface area (Å²) in [6, 6.07) is 0. The predicted molar refractivity (Wildman–Crippen MR) is 255 cm³/mol. The highest BCUT2D eigenvalue weighted by molar-refractivity contribution is 5.70. The van der Waals surface area contributed by atoms with Crippen molar-refractivity contribution in [2.75, 3.05) is 47.5 Å². The zero-order valence-corrected chi connectivity index (χ0v) is 39.7. The van der Waals surface area contributed by atoms with Crippen LogP contribution in [-0.2, 0) is 33.3 Å². The van der Waals surface area contributed by atoms with Gasteiger partial charge in [0.15, 0.2) is 12.4 Å². The molecule has 0 aliphatic rings. The molecule has 0 bridgehead atoms. The minimum absolute atomic E-state index is 0.137. The fourth-order valence-corrected chi connectivity index (χ4v) is 5.87. The van der Waals surface area contributed by atoms with Gasteiger partial charge in [0.1, 0.15) is 13.2 Å². The topological polar surface area (TPSA) is 111 Å². The summed E-state index contributed by atoms with van der Waals surface area (Å²) in [7, 11) is 5.89. The average Bonchev–Trinajstić information content (AvgIpc) is 3.23. The second kappa shape index (κ2) is 43.8. The van der Waals surface area contributed by atoms with Gasteiger partial charge in [-0.3, -0.25) is 9.59 Å². The standard InChI is InChI=1S/C53H87NO8/c1-6-8-10-12-14-16-18-19-20-21-22-23-24-25-26-27-28-29-30-31-32-33-34-36-38-40-42-44-51(56)62-49(48-61-53(52(57)58)59-46-45-54(3,4)5)47-60-50(55)43-41-39-37-35-17-15-13-11-9-7-2/h8,10-11,13-14,16,19-20,22-23,25-26,28-29,31-32,49,53H,6-7,9,12,15,17-18,21,24,27,30,33-48H2,1-5H3/b10-8-,13-11-,16-14-,20-19-,23-22-,26-25-,29-28-,32-31-. The fraction of sp³-hybridized carbons (Fsp3) is 0.642. The molecule has 0 amide bonds. The normalized spacial score (nSPS) is 13.8. The van der Waals surface area contributed by atoms with Crippen LogP contribution >= 0.6 is 0 Å². The Morgan fingerprint density at radius 1 is 0.500 bits per heavy atom. The number of carboxylic acid groups (broad SMARTS) is 1. The van der Waals surface area contributed by atoms with E-state index >= 15 is 0 Å². The fourth-order valence-electron chi connectivity index (χ4n) is 5.87. The number of quaternary nitrogens is 1. The third-order valence-electron chi connectivity index (χ3n) is 9.55. The van der Waals surface area contributed by atoms with Gasteiger partial charge in [0, 0.05) is 12.8 Å². The molecule has 0 saturated heterocycles. The maximum absolute atomic E-state index is 12.8. The van der Waals surface area contributed by atoms with Crippen LogP contribution in [-0.4, -0.2) is 82.3 Å². The number of likely N-dealkylation sites (N-methyl/N-ethyl adjacent to an activating group) is 1. The zero-order valence-electron chi connectivity index (χ0n) is 39.7. The van der Waals surface area contributed by atoms with Crippen LogP contribution in [0.15, 0.2) is 97.2 Å². The number of nitrogens with zero attached hydrogens (tertiary/aromatic N) is 1. The number of hydrogen-bond acceptors (Lipinski definition) is 8. The predicted octanol–water partition coefficient (Wildman–Crippen LogP) is 11.7. The lowest BCUT2D eigenvalue weighted by Gasteiger charge is -2.26. The number of esters is 2. The van der Waals surface area contributed by atoms with E-state index in [2.05, 4.69) is 111 Å². The van der Waals surface area contributed by atoms with Crippen LogP contribution < -0.4 is 5.11 Å². The molecule has 9 heteroatoms. The molecule has 0 radical (unpaired) electrons. The van der Waals surface area contributed by atoms with Crippen LogP contribution in [0, 0.1) is 0 Å². The molecule has 0 aromatic heterocycles. The van der Waals surface area contributed by atoms with Crippen LogP contribution in [0.4, 0.5) is 0 Å². The van der Waals surface area contributed by atoms with Gasteiger partial charge >= 0.3 is 11.9 Å². The third kappa shape index (κ3) is 44.3. The van der Waals surface area contributed by atoms with Crippen molar-refractivity contribution in [3.8, 4) is 0 Å². The van der Waals surface area contributed by atoms with Gasteiger partial charge in [-0.25, -0.2) is 0 Å². The summed E-state index contributed by atoms with van der Waals surface area (Å²) in [4.78, 5) is 36.9. The minimum Gasteiger partial charge on any atom is -0.545 e. The van der Waals surface area contributed by atoms with Gasteiger partial charge in [-0.2, -0.15) is 0 Å². The molecule has 0 N–H and O–H groups in total. The lowest BCUT2D eigenvalue weighted by atomic mass is 10.1. The zero-order chi connectivity index (χ0) is 45.6. The SMILES string of the molecule is CC/C=C\C/C=C\C/C=C\C/C=C\C/C=C\C/C=C\C/C=C\CCCCCCCC(=O)OC(COC(=O)CCCCCCC/C=C\CCC)COC(OCC[N+](C)(C)C)C(=O)[O-]. The summed E-state index contributed by atoms with van der Waals surface area (Å²) >= 11 is 0. The molecule has 0 aromatic carbocycles. The monoisotopic (exact) mass is 866 g/mol. The Labute approximate surface area is 378 Å². The quantitative estimate of drug-likeness (QED) is 0.0196. The van der Waals surface area contributed by atoms with E-state index < -0.39 is 24.3 Å². The summed E-state index contributed by atoms with van der Waals surface area (Å²) in [6.07, 6.45) is 54.5. The van der Waals surface area contributed by atoms with E-state index in [0.29, 0.717) is 17.4 Å². The average molecular weight is 866 g/mol. The Kier molecular flexibility index (Phi) is 41.2.